The number of aliphatic hydroxyl groups excluding tert-OH is 1. The van der Waals surface area contributed by atoms with Gasteiger partial charge >= 0.3 is 0 Å². The van der Waals surface area contributed by atoms with Gasteiger partial charge in [-0.25, -0.2) is 17.6 Å². The van der Waals surface area contributed by atoms with E-state index in [4.69, 9.17) is 9.47 Å². The van der Waals surface area contributed by atoms with E-state index in [1.807, 2.05) is 20.8 Å². The summed E-state index contributed by atoms with van der Waals surface area (Å²) in [6, 6.07) is 8.27. The summed E-state index contributed by atoms with van der Waals surface area (Å²) >= 11 is 0. The van der Waals surface area contributed by atoms with Crippen LogP contribution in [0.3, 0.4) is 0 Å². The standard InChI is InChI=1S/C31H35F4N3O4/c1-31(2,3)42-30(40)38-10-11-41-24(18-38)8-9-25-27(35)16-36-17-28(25)37-29(39)15-26(19-4-6-21(32)7-5-19)20-12-22(33)14-23(34)13-20/h4-7,12-14,16-17,24,26,30,40H,8-11,15,18H2,1-3H3,(H,37,39)/t24-,26+,30?/m1/s1. The zero-order chi connectivity index (χ0) is 30.4. The molecule has 2 aromatic carbocycles. The third kappa shape index (κ3) is 8.81. The predicted molar refractivity (Wildman–Crippen MR) is 149 cm³/mol. The summed E-state index contributed by atoms with van der Waals surface area (Å²) in [7, 11) is 0. The number of ether oxygens (including phenoxy) is 2. The number of amides is 1. The smallest absolute Gasteiger partial charge is 0.225 e. The van der Waals surface area contributed by atoms with E-state index in [0.717, 1.165) is 24.4 Å². The molecule has 42 heavy (non-hydrogen) atoms. The Kier molecular flexibility index (Phi) is 10.3. The molecule has 1 saturated heterocycles. The molecule has 1 amide bonds. The van der Waals surface area contributed by atoms with E-state index < -0.39 is 47.1 Å². The second kappa shape index (κ2) is 13.7. The summed E-state index contributed by atoms with van der Waals surface area (Å²) in [5.41, 5.74) is 0.515. The number of carbonyl (C=O) groups excluding carboxylic acids is 1. The maximum absolute atomic E-state index is 14.9. The van der Waals surface area contributed by atoms with Crippen molar-refractivity contribution >= 4 is 11.6 Å². The number of benzene rings is 2. The molecule has 1 aliphatic rings. The monoisotopic (exact) mass is 589 g/mol. The van der Waals surface area contributed by atoms with Crippen LogP contribution in [0.25, 0.3) is 0 Å². The Morgan fingerprint density at radius 2 is 1.76 bits per heavy atom. The van der Waals surface area contributed by atoms with E-state index in [-0.39, 0.29) is 35.8 Å². The van der Waals surface area contributed by atoms with Crippen molar-refractivity contribution in [2.75, 3.05) is 25.0 Å². The van der Waals surface area contributed by atoms with Gasteiger partial charge in [-0.05, 0) is 69.0 Å². The van der Waals surface area contributed by atoms with E-state index in [9.17, 15) is 27.5 Å². The number of morpholine rings is 1. The summed E-state index contributed by atoms with van der Waals surface area (Å²) in [5, 5.41) is 13.1. The van der Waals surface area contributed by atoms with Gasteiger partial charge < -0.3 is 19.9 Å². The van der Waals surface area contributed by atoms with Crippen LogP contribution in [0.1, 0.15) is 56.2 Å². The normalized spacial score (nSPS) is 17.6. The highest BCUT2D eigenvalue weighted by Gasteiger charge is 2.29. The number of nitrogens with one attached hydrogen (secondary N) is 1. The van der Waals surface area contributed by atoms with Gasteiger partial charge in [-0.3, -0.25) is 14.7 Å². The molecule has 11 heteroatoms. The van der Waals surface area contributed by atoms with Crippen LogP contribution in [0.2, 0.25) is 0 Å². The molecule has 0 spiro atoms. The molecule has 2 heterocycles. The lowest BCUT2D eigenvalue weighted by atomic mass is 9.88. The molecule has 1 aliphatic heterocycles. The molecule has 3 aromatic rings. The van der Waals surface area contributed by atoms with Crippen molar-refractivity contribution in [3.8, 4) is 0 Å². The molecule has 0 saturated carbocycles. The van der Waals surface area contributed by atoms with Gasteiger partial charge in [0.2, 0.25) is 12.3 Å². The molecule has 3 atom stereocenters. The lowest BCUT2D eigenvalue weighted by Crippen LogP contribution is -2.50. The molecular weight excluding hydrogens is 554 g/mol. The SMILES string of the molecule is CC(C)(C)OC(O)N1CCO[C@H](CCc2c(F)cncc2NC(=O)C[C@@H](c2ccc(F)cc2)c2cc(F)cc(F)c2)C1. The number of carbonyl (C=O) groups is 1. The molecule has 7 nitrogen and oxygen atoms in total. The van der Waals surface area contributed by atoms with Crippen LogP contribution < -0.4 is 5.32 Å². The van der Waals surface area contributed by atoms with Gasteiger partial charge in [0.15, 0.2) is 0 Å². The van der Waals surface area contributed by atoms with Gasteiger partial charge in [0, 0.05) is 37.1 Å². The lowest BCUT2D eigenvalue weighted by Gasteiger charge is -2.38. The molecule has 1 unspecified atom stereocenters. The Labute approximate surface area is 242 Å². The van der Waals surface area contributed by atoms with E-state index in [2.05, 4.69) is 10.3 Å². The van der Waals surface area contributed by atoms with Crippen LogP contribution in [0.15, 0.2) is 54.9 Å². The third-order valence-corrected chi connectivity index (χ3v) is 6.89. The predicted octanol–water partition coefficient (Wildman–Crippen LogP) is 5.52. The van der Waals surface area contributed by atoms with Crippen molar-refractivity contribution in [2.45, 2.75) is 64.1 Å². The first-order valence-electron chi connectivity index (χ1n) is 13.7. The quantitative estimate of drug-likeness (QED) is 0.239. The first-order chi connectivity index (χ1) is 19.9. The number of hydrogen-bond donors (Lipinski definition) is 2. The lowest BCUT2D eigenvalue weighted by molar-refractivity contribution is -0.255. The Bertz CT molecular complexity index is 1350. The van der Waals surface area contributed by atoms with Gasteiger partial charge in [0.05, 0.1) is 36.4 Å². The van der Waals surface area contributed by atoms with Gasteiger partial charge in [-0.1, -0.05) is 12.1 Å². The van der Waals surface area contributed by atoms with Crippen LogP contribution in [0.5, 0.6) is 0 Å². The van der Waals surface area contributed by atoms with Gasteiger partial charge in [0.25, 0.3) is 0 Å². The van der Waals surface area contributed by atoms with Crippen molar-refractivity contribution in [3.05, 3.63) is 94.8 Å². The van der Waals surface area contributed by atoms with Crippen molar-refractivity contribution in [3.63, 3.8) is 0 Å². The van der Waals surface area contributed by atoms with Crippen LogP contribution in [-0.4, -0.2) is 58.7 Å². The van der Waals surface area contributed by atoms with E-state index >= 15 is 0 Å². The average molecular weight is 590 g/mol. The van der Waals surface area contributed by atoms with Gasteiger partial charge in [-0.15, -0.1) is 0 Å². The topological polar surface area (TPSA) is 83.9 Å². The minimum Gasteiger partial charge on any atom is -0.376 e. The molecular formula is C31H35F4N3O4. The number of nitrogens with zero attached hydrogens (tertiary/aromatic N) is 2. The highest BCUT2D eigenvalue weighted by Crippen LogP contribution is 2.31. The molecule has 0 aliphatic carbocycles. The fourth-order valence-electron chi connectivity index (χ4n) is 4.92. The summed E-state index contributed by atoms with van der Waals surface area (Å²) in [6.07, 6.45) is 1.30. The number of halogens is 4. The zero-order valence-corrected chi connectivity index (χ0v) is 23.7. The molecule has 0 bridgehead atoms. The summed E-state index contributed by atoms with van der Waals surface area (Å²) < 4.78 is 68.0. The van der Waals surface area contributed by atoms with Crippen molar-refractivity contribution < 1.29 is 36.9 Å². The zero-order valence-electron chi connectivity index (χ0n) is 23.7. The fraction of sp³-hybridized carbons (Fsp3) is 0.419. The largest absolute Gasteiger partial charge is 0.376 e. The summed E-state index contributed by atoms with van der Waals surface area (Å²) in [4.78, 5) is 18.8. The average Bonchev–Trinajstić information content (AvgIpc) is 2.91. The number of pyridine rings is 1. The van der Waals surface area contributed by atoms with Gasteiger partial charge in [-0.2, -0.15) is 0 Å². The Morgan fingerprint density at radius 1 is 1.07 bits per heavy atom. The molecule has 4 rings (SSSR count). The van der Waals surface area contributed by atoms with Crippen molar-refractivity contribution in [2.24, 2.45) is 0 Å². The summed E-state index contributed by atoms with van der Waals surface area (Å²) in [6.45, 7) is 6.73. The maximum atomic E-state index is 14.9. The number of anilines is 1. The van der Waals surface area contributed by atoms with E-state index in [1.54, 1.807) is 4.90 Å². The Morgan fingerprint density at radius 3 is 2.43 bits per heavy atom. The number of hydrogen-bond acceptors (Lipinski definition) is 6. The second-order valence-corrected chi connectivity index (χ2v) is 11.3. The van der Waals surface area contributed by atoms with Gasteiger partial charge in [0.1, 0.15) is 23.3 Å². The number of aromatic nitrogens is 1. The molecule has 1 aromatic heterocycles. The summed E-state index contributed by atoms with van der Waals surface area (Å²) in [5.74, 6) is -4.08. The Hall–Kier alpha value is -3.38. The van der Waals surface area contributed by atoms with Crippen molar-refractivity contribution in [1.29, 1.82) is 0 Å². The van der Waals surface area contributed by atoms with Crippen LogP contribution in [-0.2, 0) is 20.7 Å². The first-order valence-corrected chi connectivity index (χ1v) is 13.7. The van der Waals surface area contributed by atoms with Crippen LogP contribution in [0, 0.1) is 23.3 Å². The molecule has 226 valence electrons. The van der Waals surface area contributed by atoms with Crippen LogP contribution in [0.4, 0.5) is 23.2 Å². The minimum absolute atomic E-state index is 0.159. The highest BCUT2D eigenvalue weighted by molar-refractivity contribution is 5.92. The van der Waals surface area contributed by atoms with E-state index in [0.29, 0.717) is 31.7 Å². The molecule has 0 radical (unpaired) electrons. The third-order valence-electron chi connectivity index (χ3n) is 6.89. The Balaban J connectivity index is 1.46. The fourth-order valence-corrected chi connectivity index (χ4v) is 4.92. The molecule has 1 fully saturated rings. The minimum atomic E-state index is -1.11. The first kappa shape index (κ1) is 31.6. The van der Waals surface area contributed by atoms with Crippen LogP contribution >= 0.6 is 0 Å². The highest BCUT2D eigenvalue weighted by atomic mass is 19.1. The molecule has 2 N–H and O–H groups in total. The second-order valence-electron chi connectivity index (χ2n) is 11.3. The maximum Gasteiger partial charge on any atom is 0.225 e. The number of rotatable bonds is 10. The number of aliphatic hydroxyl groups is 1. The van der Waals surface area contributed by atoms with Crippen molar-refractivity contribution in [1.82, 2.24) is 9.88 Å². The van der Waals surface area contributed by atoms with E-state index in [1.165, 1.54) is 30.5 Å².